The number of carboxylic acid groups (broad SMARTS) is 1. The minimum absolute atomic E-state index is 0.241. The Hall–Kier alpha value is -1.43. The van der Waals surface area contributed by atoms with Gasteiger partial charge in [0, 0.05) is 13.0 Å². The number of carboxylic acids is 1. The molecule has 0 aliphatic carbocycles. The molecule has 1 aromatic heterocycles. The van der Waals surface area contributed by atoms with Gasteiger partial charge in [-0.1, -0.05) is 5.16 Å². The highest BCUT2D eigenvalue weighted by Crippen LogP contribution is 2.20. The van der Waals surface area contributed by atoms with Crippen molar-refractivity contribution in [2.24, 2.45) is 5.92 Å². The minimum atomic E-state index is -0.717. The van der Waals surface area contributed by atoms with Gasteiger partial charge in [-0.05, 0) is 32.2 Å². The monoisotopic (exact) mass is 239 g/mol. The molecule has 0 bridgehead atoms. The van der Waals surface area contributed by atoms with Crippen LogP contribution in [0, 0.1) is 12.8 Å². The third-order valence-electron chi connectivity index (χ3n) is 2.99. The Kier molecular flexibility index (Phi) is 3.73. The zero-order chi connectivity index (χ0) is 12.3. The van der Waals surface area contributed by atoms with Gasteiger partial charge in [0.05, 0.1) is 6.54 Å². The van der Waals surface area contributed by atoms with Crippen LogP contribution in [0.2, 0.25) is 0 Å². The summed E-state index contributed by atoms with van der Waals surface area (Å²) in [7, 11) is 0. The number of carbonyl (C=O) groups is 1. The molecule has 6 nitrogen and oxygen atoms in total. The van der Waals surface area contributed by atoms with E-state index in [9.17, 15) is 4.79 Å². The predicted octanol–water partition coefficient (Wildman–Crippen LogP) is 1.06. The molecule has 0 spiro atoms. The summed E-state index contributed by atoms with van der Waals surface area (Å²) in [6.45, 7) is 4.18. The molecule has 1 aliphatic rings. The molecule has 0 amide bonds. The lowest BCUT2D eigenvalue weighted by atomic mass is 9.95. The second-order valence-corrected chi connectivity index (χ2v) is 4.58. The number of hydrogen-bond acceptors (Lipinski definition) is 5. The van der Waals surface area contributed by atoms with Crippen molar-refractivity contribution < 1.29 is 14.4 Å². The predicted molar refractivity (Wildman–Crippen MR) is 59.3 cm³/mol. The van der Waals surface area contributed by atoms with Gasteiger partial charge >= 0.3 is 5.97 Å². The van der Waals surface area contributed by atoms with Crippen molar-refractivity contribution >= 4 is 5.97 Å². The molecule has 1 atom stereocenters. The number of rotatable bonds is 4. The average molecular weight is 239 g/mol. The molecule has 6 heteroatoms. The molecule has 1 fully saturated rings. The Balaban J connectivity index is 1.87. The molecule has 2 heterocycles. The number of piperidine rings is 1. The van der Waals surface area contributed by atoms with Crippen LogP contribution in [0.3, 0.4) is 0 Å². The highest BCUT2D eigenvalue weighted by atomic mass is 16.5. The smallest absolute Gasteiger partial charge is 0.303 e. The van der Waals surface area contributed by atoms with Crippen LogP contribution in [0.4, 0.5) is 0 Å². The lowest BCUT2D eigenvalue weighted by molar-refractivity contribution is -0.138. The summed E-state index contributed by atoms with van der Waals surface area (Å²) in [6, 6.07) is 0. The van der Waals surface area contributed by atoms with Crippen LogP contribution in [0.25, 0.3) is 0 Å². The van der Waals surface area contributed by atoms with Crippen molar-refractivity contribution in [2.45, 2.75) is 32.7 Å². The van der Waals surface area contributed by atoms with Gasteiger partial charge in [-0.2, -0.15) is 4.98 Å². The minimum Gasteiger partial charge on any atom is -0.481 e. The normalized spacial score (nSPS) is 21.6. The Bertz CT molecular complexity index is 391. The fourth-order valence-corrected chi connectivity index (χ4v) is 2.30. The first-order valence-corrected chi connectivity index (χ1v) is 5.87. The molecule has 17 heavy (non-hydrogen) atoms. The lowest BCUT2D eigenvalue weighted by Gasteiger charge is -2.30. The van der Waals surface area contributed by atoms with E-state index < -0.39 is 5.97 Å². The fourth-order valence-electron chi connectivity index (χ4n) is 2.30. The summed E-state index contributed by atoms with van der Waals surface area (Å²) in [4.78, 5) is 17.0. The van der Waals surface area contributed by atoms with E-state index in [1.54, 1.807) is 6.92 Å². The average Bonchev–Trinajstić information content (AvgIpc) is 2.63. The Morgan fingerprint density at radius 1 is 1.65 bits per heavy atom. The number of hydrogen-bond donors (Lipinski definition) is 1. The largest absolute Gasteiger partial charge is 0.481 e. The van der Waals surface area contributed by atoms with Gasteiger partial charge in [0.15, 0.2) is 5.82 Å². The van der Waals surface area contributed by atoms with Gasteiger partial charge in [0.1, 0.15) is 0 Å². The van der Waals surface area contributed by atoms with E-state index in [0.29, 0.717) is 18.3 Å². The topological polar surface area (TPSA) is 79.5 Å². The van der Waals surface area contributed by atoms with E-state index in [-0.39, 0.29) is 12.3 Å². The molecule has 1 aromatic rings. The third kappa shape index (κ3) is 3.52. The number of nitrogens with zero attached hydrogens (tertiary/aromatic N) is 3. The third-order valence-corrected chi connectivity index (χ3v) is 2.99. The van der Waals surface area contributed by atoms with Gasteiger partial charge in [-0.3, -0.25) is 9.69 Å². The van der Waals surface area contributed by atoms with Crippen LogP contribution in [0.5, 0.6) is 0 Å². The number of aliphatic carboxylic acids is 1. The maximum absolute atomic E-state index is 10.7. The van der Waals surface area contributed by atoms with Crippen molar-refractivity contribution in [1.29, 1.82) is 0 Å². The van der Waals surface area contributed by atoms with Crippen LogP contribution in [-0.2, 0) is 11.3 Å². The Morgan fingerprint density at radius 2 is 2.47 bits per heavy atom. The fraction of sp³-hybridized carbons (Fsp3) is 0.727. The molecular formula is C11H17N3O3. The molecule has 1 aliphatic heterocycles. The highest BCUT2D eigenvalue weighted by molar-refractivity contribution is 5.67. The van der Waals surface area contributed by atoms with Crippen molar-refractivity contribution in [2.75, 3.05) is 13.1 Å². The van der Waals surface area contributed by atoms with Crippen molar-refractivity contribution in [3.8, 4) is 0 Å². The maximum Gasteiger partial charge on any atom is 0.303 e. The van der Waals surface area contributed by atoms with Crippen LogP contribution in [0.15, 0.2) is 4.52 Å². The van der Waals surface area contributed by atoms with Crippen LogP contribution in [0.1, 0.15) is 31.0 Å². The molecule has 1 N–H and O–H groups in total. The summed E-state index contributed by atoms with van der Waals surface area (Å²) in [6.07, 6.45) is 2.27. The molecule has 2 rings (SSSR count). The summed E-state index contributed by atoms with van der Waals surface area (Å²) >= 11 is 0. The molecular weight excluding hydrogens is 222 g/mol. The van der Waals surface area contributed by atoms with E-state index in [4.69, 9.17) is 9.63 Å². The van der Waals surface area contributed by atoms with E-state index in [1.807, 2.05) is 0 Å². The molecule has 94 valence electrons. The Morgan fingerprint density at radius 3 is 3.12 bits per heavy atom. The van der Waals surface area contributed by atoms with Crippen molar-refractivity contribution in [3.63, 3.8) is 0 Å². The summed E-state index contributed by atoms with van der Waals surface area (Å²) in [5.41, 5.74) is 0. The molecule has 0 radical (unpaired) electrons. The van der Waals surface area contributed by atoms with Crippen LogP contribution in [-0.4, -0.2) is 39.2 Å². The quantitative estimate of drug-likeness (QED) is 0.846. The maximum atomic E-state index is 10.7. The first-order valence-electron chi connectivity index (χ1n) is 5.87. The van der Waals surface area contributed by atoms with E-state index >= 15 is 0 Å². The zero-order valence-corrected chi connectivity index (χ0v) is 9.93. The highest BCUT2D eigenvalue weighted by Gasteiger charge is 2.23. The van der Waals surface area contributed by atoms with Crippen molar-refractivity contribution in [1.82, 2.24) is 15.0 Å². The number of likely N-dealkylation sites (tertiary alicyclic amines) is 1. The van der Waals surface area contributed by atoms with E-state index in [0.717, 1.165) is 25.9 Å². The number of aromatic nitrogens is 2. The SMILES string of the molecule is Cc1noc(CN2CCCC(CC(=O)O)C2)n1. The van der Waals surface area contributed by atoms with Gasteiger partial charge in [0.2, 0.25) is 5.89 Å². The summed E-state index contributed by atoms with van der Waals surface area (Å²) < 4.78 is 5.06. The van der Waals surface area contributed by atoms with Gasteiger partial charge < -0.3 is 9.63 Å². The molecule has 0 aromatic carbocycles. The first kappa shape index (κ1) is 12.0. The lowest BCUT2D eigenvalue weighted by Crippen LogP contribution is -2.35. The van der Waals surface area contributed by atoms with Gasteiger partial charge in [0.25, 0.3) is 0 Å². The van der Waals surface area contributed by atoms with Gasteiger partial charge in [-0.15, -0.1) is 0 Å². The standard InChI is InChI=1S/C11H17N3O3/c1-8-12-10(17-13-8)7-14-4-2-3-9(6-14)5-11(15)16/h9H,2-7H2,1H3,(H,15,16). The molecule has 1 saturated heterocycles. The first-order chi connectivity index (χ1) is 8.13. The second-order valence-electron chi connectivity index (χ2n) is 4.58. The summed E-state index contributed by atoms with van der Waals surface area (Å²) in [5.74, 6) is 0.772. The number of aryl methyl sites for hydroxylation is 1. The van der Waals surface area contributed by atoms with Crippen LogP contribution < -0.4 is 0 Å². The van der Waals surface area contributed by atoms with E-state index in [1.165, 1.54) is 0 Å². The van der Waals surface area contributed by atoms with Gasteiger partial charge in [-0.25, -0.2) is 0 Å². The zero-order valence-electron chi connectivity index (χ0n) is 9.93. The Labute approximate surface area is 99.6 Å². The molecule has 0 saturated carbocycles. The van der Waals surface area contributed by atoms with E-state index in [2.05, 4.69) is 15.0 Å². The van der Waals surface area contributed by atoms with Crippen molar-refractivity contribution in [3.05, 3.63) is 11.7 Å². The van der Waals surface area contributed by atoms with Crippen LogP contribution >= 0.6 is 0 Å². The second kappa shape index (κ2) is 5.27. The molecule has 1 unspecified atom stereocenters. The summed E-state index contributed by atoms with van der Waals surface area (Å²) in [5, 5.41) is 12.5.